The third-order valence-electron chi connectivity index (χ3n) is 14.1. The molecule has 4 nitrogen and oxygen atoms in total. The van der Waals surface area contributed by atoms with E-state index in [2.05, 4.69) is 263 Å². The maximum Gasteiger partial charge on any atom is 0.135 e. The summed E-state index contributed by atoms with van der Waals surface area (Å²) in [6.07, 6.45) is 0. The van der Waals surface area contributed by atoms with E-state index in [-0.39, 0.29) is 0 Å². The predicted molar refractivity (Wildman–Crippen MR) is 293 cm³/mol. The number of rotatable bonds is 8. The monoisotopic (exact) mass is 893 g/mol. The third-order valence-corrected chi connectivity index (χ3v) is 14.1. The second-order valence-corrected chi connectivity index (χ2v) is 18.1. The van der Waals surface area contributed by atoms with Crippen LogP contribution >= 0.6 is 0 Å². The molecule has 0 fully saturated rings. The summed E-state index contributed by atoms with van der Waals surface area (Å²) < 4.78 is 10.9. The Morgan fingerprint density at radius 3 is 1.14 bits per heavy atom. The van der Waals surface area contributed by atoms with Gasteiger partial charge in [0.05, 0.1) is 22.1 Å². The number of fused-ring (bicyclic) bond motifs is 9. The van der Waals surface area contributed by atoms with Crippen molar-refractivity contribution in [3.63, 3.8) is 0 Å². The number of benzene rings is 11. The maximum atomic E-state index is 6.16. The molecule has 0 bridgehead atoms. The van der Waals surface area contributed by atoms with Crippen LogP contribution in [-0.4, -0.2) is 9.13 Å². The van der Waals surface area contributed by atoms with Gasteiger partial charge in [0.1, 0.15) is 11.2 Å². The van der Waals surface area contributed by atoms with Crippen LogP contribution in [0.1, 0.15) is 0 Å². The number of hydrogen-bond donors (Lipinski definition) is 0. The van der Waals surface area contributed by atoms with Crippen LogP contribution in [0.2, 0.25) is 0 Å². The Morgan fingerprint density at radius 1 is 0.243 bits per heavy atom. The molecule has 0 aliphatic rings. The molecule has 0 amide bonds. The first kappa shape index (κ1) is 39.8. The Kier molecular flexibility index (Phi) is 9.17. The summed E-state index contributed by atoms with van der Waals surface area (Å²) in [5.74, 6) is 0. The molecule has 0 radical (unpaired) electrons. The van der Waals surface area contributed by atoms with Gasteiger partial charge in [-0.05, 0) is 143 Å². The Labute approximate surface area is 404 Å². The van der Waals surface area contributed by atoms with Gasteiger partial charge in [0.2, 0.25) is 0 Å². The van der Waals surface area contributed by atoms with Crippen molar-refractivity contribution in [1.29, 1.82) is 0 Å². The standard InChI is InChI=1S/C66H43N3O/c1-2-12-50(13-3-1)68-63-20-10-6-16-57(63)59-42-48(30-40-64(59)68)46-26-34-52(35-27-46)67(53-36-28-47(29-37-53)49-31-41-66-60(43-49)58-17-7-11-21-65(58)70-66)51-32-22-44(23-33-51)45-24-38-54(39-25-45)69-61-18-8-4-14-55(61)56-15-5-9-19-62(56)69/h1-43H. The zero-order valence-corrected chi connectivity index (χ0v) is 38.1. The molecule has 0 spiro atoms. The Balaban J connectivity index is 0.822. The second kappa shape index (κ2) is 16.2. The topological polar surface area (TPSA) is 26.2 Å². The zero-order chi connectivity index (χ0) is 46.1. The first-order valence-corrected chi connectivity index (χ1v) is 23.9. The molecule has 0 saturated heterocycles. The van der Waals surface area contributed by atoms with Gasteiger partial charge in [0.25, 0.3) is 0 Å². The van der Waals surface area contributed by atoms with Crippen molar-refractivity contribution < 1.29 is 4.42 Å². The first-order valence-electron chi connectivity index (χ1n) is 23.9. The molecule has 3 aromatic heterocycles. The Bertz CT molecular complexity index is 4200. The predicted octanol–water partition coefficient (Wildman–Crippen LogP) is 18.3. The minimum absolute atomic E-state index is 0.901. The van der Waals surface area contributed by atoms with Crippen molar-refractivity contribution >= 4 is 82.6 Å². The smallest absolute Gasteiger partial charge is 0.135 e. The maximum absolute atomic E-state index is 6.16. The molecule has 4 heteroatoms. The zero-order valence-electron chi connectivity index (χ0n) is 38.1. The number of aromatic nitrogens is 2. The summed E-state index contributed by atoms with van der Waals surface area (Å²) >= 11 is 0. The van der Waals surface area contributed by atoms with Crippen molar-refractivity contribution in [3.8, 4) is 44.8 Å². The van der Waals surface area contributed by atoms with Crippen LogP contribution in [0.5, 0.6) is 0 Å². The highest BCUT2D eigenvalue weighted by Crippen LogP contribution is 2.41. The molecular formula is C66H43N3O. The molecular weight excluding hydrogens is 851 g/mol. The Hall–Kier alpha value is -9.38. The molecule has 0 N–H and O–H groups in total. The number of furan rings is 1. The van der Waals surface area contributed by atoms with Gasteiger partial charge in [-0.3, -0.25) is 0 Å². The summed E-state index contributed by atoms with van der Waals surface area (Å²) in [5, 5.41) is 7.27. The van der Waals surface area contributed by atoms with Crippen LogP contribution in [0.4, 0.5) is 17.1 Å². The quantitative estimate of drug-likeness (QED) is 0.152. The molecule has 3 heterocycles. The van der Waals surface area contributed by atoms with E-state index in [1.807, 2.05) is 12.1 Å². The fraction of sp³-hybridized carbons (Fsp3) is 0. The molecule has 0 atom stereocenters. The molecule has 328 valence electrons. The molecule has 11 aromatic carbocycles. The molecule has 0 aliphatic carbocycles. The van der Waals surface area contributed by atoms with Crippen molar-refractivity contribution in [2.24, 2.45) is 0 Å². The fourth-order valence-corrected chi connectivity index (χ4v) is 10.8. The van der Waals surface area contributed by atoms with Gasteiger partial charge in [-0.2, -0.15) is 0 Å². The lowest BCUT2D eigenvalue weighted by atomic mass is 10.0. The highest BCUT2D eigenvalue weighted by atomic mass is 16.3. The van der Waals surface area contributed by atoms with Crippen LogP contribution in [0, 0.1) is 0 Å². The molecule has 70 heavy (non-hydrogen) atoms. The minimum atomic E-state index is 0.901. The van der Waals surface area contributed by atoms with E-state index < -0.39 is 0 Å². The van der Waals surface area contributed by atoms with E-state index in [0.29, 0.717) is 0 Å². The summed E-state index contributed by atoms with van der Waals surface area (Å²) in [4.78, 5) is 2.35. The summed E-state index contributed by atoms with van der Waals surface area (Å²) in [5.41, 5.74) is 19.1. The number of hydrogen-bond acceptors (Lipinski definition) is 2. The van der Waals surface area contributed by atoms with E-state index in [9.17, 15) is 0 Å². The first-order chi connectivity index (χ1) is 34.7. The largest absolute Gasteiger partial charge is 0.456 e. The lowest BCUT2D eigenvalue weighted by Crippen LogP contribution is -2.09. The lowest BCUT2D eigenvalue weighted by Gasteiger charge is -2.26. The molecule has 0 saturated carbocycles. The van der Waals surface area contributed by atoms with Crippen LogP contribution in [-0.2, 0) is 0 Å². The normalized spacial score (nSPS) is 11.7. The number of anilines is 3. The lowest BCUT2D eigenvalue weighted by molar-refractivity contribution is 0.669. The van der Waals surface area contributed by atoms with Gasteiger partial charge in [0.15, 0.2) is 0 Å². The fourth-order valence-electron chi connectivity index (χ4n) is 10.8. The average molecular weight is 894 g/mol. The van der Waals surface area contributed by atoms with Gasteiger partial charge in [-0.15, -0.1) is 0 Å². The van der Waals surface area contributed by atoms with Crippen LogP contribution in [0.25, 0.3) is 110 Å². The molecule has 0 aliphatic heterocycles. The van der Waals surface area contributed by atoms with Crippen LogP contribution in [0.15, 0.2) is 265 Å². The summed E-state index contributed by atoms with van der Waals surface area (Å²) in [6.45, 7) is 0. The minimum Gasteiger partial charge on any atom is -0.456 e. The highest BCUT2D eigenvalue weighted by molar-refractivity contribution is 6.11. The van der Waals surface area contributed by atoms with Crippen molar-refractivity contribution in [3.05, 3.63) is 261 Å². The van der Waals surface area contributed by atoms with Crippen LogP contribution in [0.3, 0.4) is 0 Å². The average Bonchev–Trinajstić information content (AvgIpc) is 4.09. The van der Waals surface area contributed by atoms with E-state index in [1.54, 1.807) is 0 Å². The van der Waals surface area contributed by atoms with Crippen molar-refractivity contribution in [1.82, 2.24) is 9.13 Å². The van der Waals surface area contributed by atoms with E-state index in [0.717, 1.165) is 67.1 Å². The number of nitrogens with zero attached hydrogens (tertiary/aromatic N) is 3. The summed E-state index contributed by atoms with van der Waals surface area (Å²) in [6, 6.07) is 94.2. The third kappa shape index (κ3) is 6.53. The van der Waals surface area contributed by atoms with Gasteiger partial charge in [0, 0.05) is 60.8 Å². The van der Waals surface area contributed by atoms with Crippen molar-refractivity contribution in [2.45, 2.75) is 0 Å². The number of para-hydroxylation sites is 5. The van der Waals surface area contributed by atoms with Gasteiger partial charge < -0.3 is 18.5 Å². The Morgan fingerprint density at radius 2 is 0.600 bits per heavy atom. The highest BCUT2D eigenvalue weighted by Gasteiger charge is 2.18. The molecule has 14 aromatic rings. The molecule has 0 unspecified atom stereocenters. The molecule has 14 rings (SSSR count). The van der Waals surface area contributed by atoms with Crippen LogP contribution < -0.4 is 4.90 Å². The van der Waals surface area contributed by atoms with E-state index >= 15 is 0 Å². The second-order valence-electron chi connectivity index (χ2n) is 18.1. The van der Waals surface area contributed by atoms with E-state index in [4.69, 9.17) is 4.42 Å². The summed E-state index contributed by atoms with van der Waals surface area (Å²) in [7, 11) is 0. The van der Waals surface area contributed by atoms with Gasteiger partial charge in [-0.25, -0.2) is 0 Å². The van der Waals surface area contributed by atoms with Gasteiger partial charge >= 0.3 is 0 Å². The van der Waals surface area contributed by atoms with Crippen molar-refractivity contribution in [2.75, 3.05) is 4.90 Å². The van der Waals surface area contributed by atoms with Gasteiger partial charge in [-0.1, -0.05) is 152 Å². The SMILES string of the molecule is c1ccc(-n2c3ccccc3c3cc(-c4ccc(N(c5ccc(-c6ccc(-n7c8ccccc8c8ccccc87)cc6)cc5)c5ccc(-c6ccc7oc8ccccc8c7c6)cc5)cc4)ccc32)cc1. The van der Waals surface area contributed by atoms with E-state index in [1.165, 1.54) is 60.3 Å².